The quantitative estimate of drug-likeness (QED) is 0.581. The lowest BCUT2D eigenvalue weighted by Crippen LogP contribution is -2.26. The van der Waals surface area contributed by atoms with Crippen LogP contribution in [0.25, 0.3) is 0 Å². The van der Waals surface area contributed by atoms with Crippen LogP contribution in [0.15, 0.2) is 0 Å². The number of hydrogen-bond donors (Lipinski definition) is 1. The van der Waals surface area contributed by atoms with Crippen molar-refractivity contribution in [2.75, 3.05) is 0 Å². The first-order valence-corrected chi connectivity index (χ1v) is 3.91. The smallest absolute Gasteiger partial charge is 0.405 e. The van der Waals surface area contributed by atoms with Gasteiger partial charge in [0.1, 0.15) is 6.10 Å². The van der Waals surface area contributed by atoms with Crippen LogP contribution >= 0.6 is 0 Å². The molecule has 0 aliphatic carbocycles. The Morgan fingerprint density at radius 3 is 2.27 bits per heavy atom. The fourth-order valence-corrected chi connectivity index (χ4v) is 0.712. The van der Waals surface area contributed by atoms with Gasteiger partial charge in [0, 0.05) is 0 Å². The third-order valence-electron chi connectivity index (χ3n) is 1.13. The third-order valence-corrected chi connectivity index (χ3v) is 1.99. The van der Waals surface area contributed by atoms with Crippen LogP contribution in [0.2, 0.25) is 0 Å². The standard InChI is InChI=1S/C5H9NO4S/c1-3(10-5(6)7)4(2)11(8)9/h3H,1-2H3,(H2,6,7). The van der Waals surface area contributed by atoms with Crippen molar-refractivity contribution in [3.05, 3.63) is 0 Å². The van der Waals surface area contributed by atoms with E-state index in [4.69, 9.17) is 0 Å². The predicted octanol–water partition coefficient (Wildman–Crippen LogP) is -0.458. The first-order chi connectivity index (χ1) is 4.95. The second-order valence-electron chi connectivity index (χ2n) is 1.92. The molecule has 0 aliphatic heterocycles. The molecule has 0 bridgehead atoms. The number of carbonyl (C=O) groups excluding carboxylic acids is 1. The lowest BCUT2D eigenvalue weighted by atomic mass is 10.3. The number of nitrogens with two attached hydrogens (primary N) is 1. The summed E-state index contributed by atoms with van der Waals surface area (Å²) in [5.41, 5.74) is 4.66. The molecule has 0 saturated heterocycles. The summed E-state index contributed by atoms with van der Waals surface area (Å²) < 4.78 is 24.9. The average Bonchev–Trinajstić information content (AvgIpc) is 1.84. The molecular formula is C5H9NO4S. The molecule has 0 saturated carbocycles. The molecule has 0 aromatic carbocycles. The Morgan fingerprint density at radius 2 is 2.00 bits per heavy atom. The molecule has 0 aromatic rings. The van der Waals surface area contributed by atoms with Crippen LogP contribution in [0, 0.1) is 0 Å². The summed E-state index contributed by atoms with van der Waals surface area (Å²) in [7, 11) is -2.32. The first kappa shape index (κ1) is 9.96. The van der Waals surface area contributed by atoms with Crippen molar-refractivity contribution in [3.63, 3.8) is 0 Å². The number of primary amides is 1. The summed E-state index contributed by atoms with van der Waals surface area (Å²) in [5, 5.41) is 0. The Balaban J connectivity index is 4.40. The molecule has 0 spiro atoms. The minimum absolute atomic E-state index is 0.0452. The molecule has 0 rings (SSSR count). The minimum Gasteiger partial charge on any atom is -0.441 e. The van der Waals surface area contributed by atoms with E-state index in [1.54, 1.807) is 0 Å². The van der Waals surface area contributed by atoms with Gasteiger partial charge in [0.05, 0.1) is 4.86 Å². The maximum absolute atomic E-state index is 10.3. The molecular weight excluding hydrogens is 170 g/mol. The molecule has 6 heteroatoms. The molecule has 0 radical (unpaired) electrons. The van der Waals surface area contributed by atoms with Crippen LogP contribution in [0.5, 0.6) is 0 Å². The number of ether oxygens (including phenoxy) is 1. The molecule has 0 aromatic heterocycles. The number of carbonyl (C=O) groups is 1. The monoisotopic (exact) mass is 179 g/mol. The lowest BCUT2D eigenvalue weighted by Gasteiger charge is -2.07. The SMILES string of the molecule is CC(C(C)OC(N)=O)=S(=O)=O. The largest absolute Gasteiger partial charge is 0.441 e. The van der Waals surface area contributed by atoms with E-state index in [1.807, 2.05) is 0 Å². The summed E-state index contributed by atoms with van der Waals surface area (Å²) in [6.45, 7) is 2.77. The van der Waals surface area contributed by atoms with Gasteiger partial charge in [-0.15, -0.1) is 0 Å². The van der Waals surface area contributed by atoms with E-state index in [0.29, 0.717) is 0 Å². The maximum Gasteiger partial charge on any atom is 0.405 e. The zero-order valence-electron chi connectivity index (χ0n) is 6.20. The average molecular weight is 179 g/mol. The number of amides is 1. The second-order valence-corrected chi connectivity index (χ2v) is 3.04. The highest BCUT2D eigenvalue weighted by atomic mass is 32.2. The van der Waals surface area contributed by atoms with Crippen LogP contribution in [0.1, 0.15) is 13.8 Å². The van der Waals surface area contributed by atoms with Crippen molar-refractivity contribution in [2.24, 2.45) is 5.73 Å². The van der Waals surface area contributed by atoms with E-state index >= 15 is 0 Å². The second kappa shape index (κ2) is 3.97. The summed E-state index contributed by atoms with van der Waals surface area (Å²) in [5.74, 6) is 0. The normalized spacial score (nSPS) is 11.8. The molecule has 1 atom stereocenters. The molecule has 2 N–H and O–H groups in total. The van der Waals surface area contributed by atoms with Gasteiger partial charge in [-0.1, -0.05) is 0 Å². The summed E-state index contributed by atoms with van der Waals surface area (Å²) in [6, 6.07) is 0. The lowest BCUT2D eigenvalue weighted by molar-refractivity contribution is 0.145. The van der Waals surface area contributed by atoms with E-state index in [-0.39, 0.29) is 4.86 Å². The summed E-state index contributed by atoms with van der Waals surface area (Å²) in [4.78, 5) is 10.2. The van der Waals surface area contributed by atoms with Crippen molar-refractivity contribution in [1.29, 1.82) is 0 Å². The molecule has 0 aliphatic rings. The van der Waals surface area contributed by atoms with Gasteiger partial charge in [-0.3, -0.25) is 0 Å². The van der Waals surface area contributed by atoms with Crippen LogP contribution in [-0.2, 0) is 15.0 Å². The van der Waals surface area contributed by atoms with Crippen molar-refractivity contribution in [2.45, 2.75) is 20.0 Å². The molecule has 0 heterocycles. The van der Waals surface area contributed by atoms with E-state index in [9.17, 15) is 13.2 Å². The van der Waals surface area contributed by atoms with Crippen molar-refractivity contribution in [1.82, 2.24) is 0 Å². The van der Waals surface area contributed by atoms with E-state index in [0.717, 1.165) is 0 Å². The van der Waals surface area contributed by atoms with Crippen molar-refractivity contribution >= 4 is 21.3 Å². The summed E-state index contributed by atoms with van der Waals surface area (Å²) in [6.07, 6.45) is -1.77. The Kier molecular flexibility index (Phi) is 3.59. The topological polar surface area (TPSA) is 86.5 Å². The van der Waals surface area contributed by atoms with Gasteiger partial charge in [-0.2, -0.15) is 8.42 Å². The molecule has 1 amide bonds. The van der Waals surface area contributed by atoms with E-state index in [1.165, 1.54) is 13.8 Å². The Hall–Kier alpha value is -1.04. The van der Waals surface area contributed by atoms with Gasteiger partial charge in [-0.25, -0.2) is 4.79 Å². The van der Waals surface area contributed by atoms with E-state index < -0.39 is 22.5 Å². The molecule has 1 unspecified atom stereocenters. The highest BCUT2D eigenvalue weighted by Crippen LogP contribution is 1.91. The summed E-state index contributed by atoms with van der Waals surface area (Å²) >= 11 is 0. The fraction of sp³-hybridized carbons (Fsp3) is 0.600. The molecule has 5 nitrogen and oxygen atoms in total. The Labute approximate surface area is 65.7 Å². The van der Waals surface area contributed by atoms with Crippen molar-refractivity contribution < 1.29 is 17.9 Å². The van der Waals surface area contributed by atoms with Crippen LogP contribution < -0.4 is 5.73 Å². The van der Waals surface area contributed by atoms with Crippen LogP contribution in [0.3, 0.4) is 0 Å². The van der Waals surface area contributed by atoms with Gasteiger partial charge in [0.2, 0.25) is 10.3 Å². The Morgan fingerprint density at radius 1 is 1.55 bits per heavy atom. The molecule has 11 heavy (non-hydrogen) atoms. The number of hydrogen-bond acceptors (Lipinski definition) is 4. The highest BCUT2D eigenvalue weighted by Gasteiger charge is 2.09. The first-order valence-electron chi connectivity index (χ1n) is 2.84. The van der Waals surface area contributed by atoms with Gasteiger partial charge in [0.25, 0.3) is 0 Å². The zero-order valence-corrected chi connectivity index (χ0v) is 7.01. The van der Waals surface area contributed by atoms with Crippen LogP contribution in [-0.4, -0.2) is 25.5 Å². The molecule has 64 valence electrons. The van der Waals surface area contributed by atoms with Crippen LogP contribution in [0.4, 0.5) is 4.79 Å². The fourth-order valence-electron chi connectivity index (χ4n) is 0.393. The predicted molar refractivity (Wildman–Crippen MR) is 39.7 cm³/mol. The Bertz CT molecular complexity index is 271. The maximum atomic E-state index is 10.3. The van der Waals surface area contributed by atoms with Gasteiger partial charge in [-0.05, 0) is 13.8 Å². The van der Waals surface area contributed by atoms with Gasteiger partial charge in [0.15, 0.2) is 0 Å². The molecule has 0 fully saturated rings. The minimum atomic E-state index is -2.32. The van der Waals surface area contributed by atoms with Gasteiger partial charge >= 0.3 is 6.09 Å². The third kappa shape index (κ3) is 3.61. The number of rotatable bonds is 2. The van der Waals surface area contributed by atoms with E-state index in [2.05, 4.69) is 10.5 Å². The highest BCUT2D eigenvalue weighted by molar-refractivity contribution is 7.73. The van der Waals surface area contributed by atoms with Crippen molar-refractivity contribution in [3.8, 4) is 0 Å². The van der Waals surface area contributed by atoms with Gasteiger partial charge < -0.3 is 10.5 Å². The zero-order chi connectivity index (χ0) is 9.02.